The van der Waals surface area contributed by atoms with Crippen molar-refractivity contribution in [3.63, 3.8) is 0 Å². The van der Waals surface area contributed by atoms with Crippen LogP contribution in [0.15, 0.2) is 28.9 Å². The molecule has 0 spiro atoms. The Kier molecular flexibility index (Phi) is 3.60. The molecule has 2 heterocycles. The minimum absolute atomic E-state index is 0.330. The van der Waals surface area contributed by atoms with Crippen molar-refractivity contribution in [1.82, 2.24) is 5.32 Å². The Hall–Kier alpha value is -2.01. The van der Waals surface area contributed by atoms with Crippen LogP contribution in [0.1, 0.15) is 17.3 Å². The van der Waals surface area contributed by atoms with E-state index in [9.17, 15) is 4.79 Å². The lowest BCUT2D eigenvalue weighted by molar-refractivity contribution is 0.0527. The molecule has 0 bridgehead atoms. The largest absolute Gasteiger partial charge is 0.462 e. The second-order valence-electron chi connectivity index (χ2n) is 4.76. The van der Waals surface area contributed by atoms with Crippen LogP contribution < -0.4 is 10.2 Å². The van der Waals surface area contributed by atoms with Gasteiger partial charge in [0.2, 0.25) is 0 Å². The summed E-state index contributed by atoms with van der Waals surface area (Å²) in [6.07, 6.45) is 1.49. The number of carbonyl (C=O) groups excluding carboxylic acids is 1. The van der Waals surface area contributed by atoms with E-state index in [-0.39, 0.29) is 5.97 Å². The van der Waals surface area contributed by atoms with E-state index in [0.717, 1.165) is 42.8 Å². The van der Waals surface area contributed by atoms with E-state index in [0.29, 0.717) is 12.2 Å². The van der Waals surface area contributed by atoms with Gasteiger partial charge in [-0.1, -0.05) is 12.1 Å². The SMILES string of the molecule is CCOC(=O)c1coc2c(N3CCNCC3)cccc12. The number of esters is 1. The second-order valence-corrected chi connectivity index (χ2v) is 4.76. The summed E-state index contributed by atoms with van der Waals surface area (Å²) < 4.78 is 10.7. The molecular formula is C15H18N2O3. The molecule has 2 aromatic rings. The quantitative estimate of drug-likeness (QED) is 0.868. The van der Waals surface area contributed by atoms with Gasteiger partial charge < -0.3 is 19.4 Å². The first-order valence-corrected chi connectivity index (χ1v) is 6.94. The fourth-order valence-corrected chi connectivity index (χ4v) is 2.56. The number of nitrogens with zero attached hydrogens (tertiary/aromatic N) is 1. The summed E-state index contributed by atoms with van der Waals surface area (Å²) in [5, 5.41) is 4.15. The lowest BCUT2D eigenvalue weighted by Gasteiger charge is -2.29. The summed E-state index contributed by atoms with van der Waals surface area (Å²) in [7, 11) is 0. The zero-order valence-electron chi connectivity index (χ0n) is 11.5. The normalized spacial score (nSPS) is 15.6. The molecule has 0 unspecified atom stereocenters. The van der Waals surface area contributed by atoms with Gasteiger partial charge in [0, 0.05) is 31.6 Å². The van der Waals surface area contributed by atoms with Crippen LogP contribution in [0.3, 0.4) is 0 Å². The monoisotopic (exact) mass is 274 g/mol. The molecule has 1 aromatic carbocycles. The van der Waals surface area contributed by atoms with Gasteiger partial charge in [0.15, 0.2) is 5.58 Å². The molecule has 0 saturated carbocycles. The third-order valence-corrected chi connectivity index (χ3v) is 3.53. The number of piperazine rings is 1. The average Bonchev–Trinajstić information content (AvgIpc) is 2.92. The number of rotatable bonds is 3. The van der Waals surface area contributed by atoms with Crippen LogP contribution in [0.4, 0.5) is 5.69 Å². The summed E-state index contributed by atoms with van der Waals surface area (Å²) >= 11 is 0. The van der Waals surface area contributed by atoms with Crippen LogP contribution in [0.5, 0.6) is 0 Å². The molecule has 1 saturated heterocycles. The zero-order chi connectivity index (χ0) is 13.9. The highest BCUT2D eigenvalue weighted by atomic mass is 16.5. The number of nitrogens with one attached hydrogen (secondary N) is 1. The third kappa shape index (κ3) is 2.25. The van der Waals surface area contributed by atoms with Crippen LogP contribution in [-0.2, 0) is 4.74 Å². The predicted molar refractivity (Wildman–Crippen MR) is 77.3 cm³/mol. The van der Waals surface area contributed by atoms with E-state index >= 15 is 0 Å². The molecule has 1 aliphatic rings. The van der Waals surface area contributed by atoms with Crippen molar-refractivity contribution >= 4 is 22.6 Å². The maximum atomic E-state index is 11.9. The number of fused-ring (bicyclic) bond motifs is 1. The van der Waals surface area contributed by atoms with E-state index < -0.39 is 0 Å². The standard InChI is InChI=1S/C15H18N2O3/c1-2-19-15(18)12-10-20-14-11(12)4-3-5-13(14)17-8-6-16-7-9-17/h3-5,10,16H,2,6-9H2,1H3. The Morgan fingerprint density at radius 1 is 1.40 bits per heavy atom. The number of hydrogen-bond acceptors (Lipinski definition) is 5. The number of ether oxygens (including phenoxy) is 1. The first-order valence-electron chi connectivity index (χ1n) is 6.94. The van der Waals surface area contributed by atoms with Crippen molar-refractivity contribution in [2.24, 2.45) is 0 Å². The van der Waals surface area contributed by atoms with Crippen molar-refractivity contribution in [1.29, 1.82) is 0 Å². The van der Waals surface area contributed by atoms with Crippen LogP contribution in [0.2, 0.25) is 0 Å². The number of furan rings is 1. The van der Waals surface area contributed by atoms with Crippen LogP contribution >= 0.6 is 0 Å². The molecule has 1 N–H and O–H groups in total. The topological polar surface area (TPSA) is 54.7 Å². The predicted octanol–water partition coefficient (Wildman–Crippen LogP) is 2.02. The molecule has 0 aliphatic carbocycles. The molecular weight excluding hydrogens is 256 g/mol. The fourth-order valence-electron chi connectivity index (χ4n) is 2.56. The van der Waals surface area contributed by atoms with Gasteiger partial charge in [0.25, 0.3) is 0 Å². The summed E-state index contributed by atoms with van der Waals surface area (Å²) in [4.78, 5) is 14.2. The number of hydrogen-bond donors (Lipinski definition) is 1. The Morgan fingerprint density at radius 3 is 2.95 bits per heavy atom. The van der Waals surface area contributed by atoms with E-state index in [4.69, 9.17) is 9.15 Å². The first-order chi connectivity index (χ1) is 9.81. The molecule has 1 fully saturated rings. The Balaban J connectivity index is 2.00. The maximum absolute atomic E-state index is 11.9. The highest BCUT2D eigenvalue weighted by Gasteiger charge is 2.20. The minimum atomic E-state index is -0.330. The van der Waals surface area contributed by atoms with Gasteiger partial charge in [-0.2, -0.15) is 0 Å². The van der Waals surface area contributed by atoms with E-state index in [2.05, 4.69) is 10.2 Å². The van der Waals surface area contributed by atoms with E-state index in [1.54, 1.807) is 6.92 Å². The highest BCUT2D eigenvalue weighted by molar-refractivity contribution is 6.06. The van der Waals surface area contributed by atoms with Gasteiger partial charge in [-0.05, 0) is 13.0 Å². The molecule has 5 nitrogen and oxygen atoms in total. The molecule has 106 valence electrons. The Morgan fingerprint density at radius 2 is 2.20 bits per heavy atom. The Bertz CT molecular complexity index is 615. The Labute approximate surface area is 117 Å². The molecule has 0 radical (unpaired) electrons. The highest BCUT2D eigenvalue weighted by Crippen LogP contribution is 2.31. The molecule has 1 aromatic heterocycles. The molecule has 0 atom stereocenters. The number of anilines is 1. The van der Waals surface area contributed by atoms with Crippen molar-refractivity contribution in [2.45, 2.75) is 6.92 Å². The van der Waals surface area contributed by atoms with Crippen molar-refractivity contribution in [2.75, 3.05) is 37.7 Å². The van der Waals surface area contributed by atoms with Gasteiger partial charge in [0.1, 0.15) is 11.8 Å². The first kappa shape index (κ1) is 13.0. The summed E-state index contributed by atoms with van der Waals surface area (Å²) in [6.45, 7) is 5.96. The minimum Gasteiger partial charge on any atom is -0.462 e. The zero-order valence-corrected chi connectivity index (χ0v) is 11.5. The van der Waals surface area contributed by atoms with Crippen molar-refractivity contribution in [3.8, 4) is 0 Å². The summed E-state index contributed by atoms with van der Waals surface area (Å²) in [5.74, 6) is -0.330. The third-order valence-electron chi connectivity index (χ3n) is 3.53. The van der Waals surface area contributed by atoms with Gasteiger partial charge in [-0.15, -0.1) is 0 Å². The molecule has 0 amide bonds. The molecule has 1 aliphatic heterocycles. The van der Waals surface area contributed by atoms with E-state index in [1.165, 1.54) is 6.26 Å². The lowest BCUT2D eigenvalue weighted by atomic mass is 10.1. The summed E-state index contributed by atoms with van der Waals surface area (Å²) in [5.41, 5.74) is 2.30. The lowest BCUT2D eigenvalue weighted by Crippen LogP contribution is -2.43. The number of carbonyl (C=O) groups is 1. The molecule has 3 rings (SSSR count). The number of benzene rings is 1. The van der Waals surface area contributed by atoms with Crippen LogP contribution in [0, 0.1) is 0 Å². The van der Waals surface area contributed by atoms with Crippen LogP contribution in [0.25, 0.3) is 11.0 Å². The second kappa shape index (κ2) is 5.54. The summed E-state index contributed by atoms with van der Waals surface area (Å²) in [6, 6.07) is 5.89. The van der Waals surface area contributed by atoms with Crippen molar-refractivity contribution in [3.05, 3.63) is 30.0 Å². The van der Waals surface area contributed by atoms with Gasteiger partial charge >= 0.3 is 5.97 Å². The number of para-hydroxylation sites is 1. The van der Waals surface area contributed by atoms with Crippen LogP contribution in [-0.4, -0.2) is 38.8 Å². The average molecular weight is 274 g/mol. The van der Waals surface area contributed by atoms with Gasteiger partial charge in [-0.25, -0.2) is 4.79 Å². The van der Waals surface area contributed by atoms with Gasteiger partial charge in [0.05, 0.1) is 12.3 Å². The van der Waals surface area contributed by atoms with E-state index in [1.807, 2.05) is 18.2 Å². The molecule has 5 heteroatoms. The smallest absolute Gasteiger partial charge is 0.342 e. The van der Waals surface area contributed by atoms with Crippen molar-refractivity contribution < 1.29 is 13.9 Å². The van der Waals surface area contributed by atoms with Gasteiger partial charge in [-0.3, -0.25) is 0 Å². The fraction of sp³-hybridized carbons (Fsp3) is 0.400. The maximum Gasteiger partial charge on any atom is 0.342 e. The molecule has 20 heavy (non-hydrogen) atoms.